The molecule has 0 aliphatic rings. The molecule has 6 nitrogen and oxygen atoms in total. The fraction of sp³-hybridized carbons (Fsp3) is 0.158. The second kappa shape index (κ2) is 9.29. The third kappa shape index (κ3) is 5.15. The molecule has 3 rings (SSSR count). The molecular weight excluding hydrogens is 382 g/mol. The zero-order chi connectivity index (χ0) is 19.1. The average molecular weight is 399 g/mol. The first-order chi connectivity index (χ1) is 13.2. The number of benzene rings is 2. The largest absolute Gasteiger partial charge is 0.462 e. The van der Waals surface area contributed by atoms with Gasteiger partial charge in [0.2, 0.25) is 5.91 Å². The van der Waals surface area contributed by atoms with Gasteiger partial charge in [0.15, 0.2) is 10.2 Å². The van der Waals surface area contributed by atoms with Crippen LogP contribution in [0, 0.1) is 0 Å². The summed E-state index contributed by atoms with van der Waals surface area (Å²) in [6, 6.07) is 16.4. The van der Waals surface area contributed by atoms with Crippen molar-refractivity contribution in [3.8, 4) is 11.4 Å². The number of carbonyl (C=O) groups is 2. The number of thioether (sulfide) groups is 1. The second-order valence-electron chi connectivity index (χ2n) is 5.35. The third-order valence-corrected chi connectivity index (χ3v) is 5.30. The minimum Gasteiger partial charge on any atom is -0.462 e. The van der Waals surface area contributed by atoms with Crippen LogP contribution in [0.4, 0.5) is 5.69 Å². The first kappa shape index (κ1) is 19.1. The molecule has 1 N–H and O–H groups in total. The molecule has 8 heteroatoms. The number of nitrogens with one attached hydrogen (secondary N) is 1. The summed E-state index contributed by atoms with van der Waals surface area (Å²) in [5.74, 6) is 0.127. The lowest BCUT2D eigenvalue weighted by atomic mass is 10.2. The van der Waals surface area contributed by atoms with Crippen LogP contribution in [0.5, 0.6) is 0 Å². The number of hydrogen-bond acceptors (Lipinski definition) is 7. The van der Waals surface area contributed by atoms with E-state index >= 15 is 0 Å². The second-order valence-corrected chi connectivity index (χ2v) is 7.33. The van der Waals surface area contributed by atoms with Crippen molar-refractivity contribution in [1.29, 1.82) is 0 Å². The number of aromatic nitrogens is 2. The Labute approximate surface area is 165 Å². The van der Waals surface area contributed by atoms with E-state index < -0.39 is 5.97 Å². The summed E-state index contributed by atoms with van der Waals surface area (Å²) in [5, 5.41) is 2.75. The van der Waals surface area contributed by atoms with Gasteiger partial charge in [0.25, 0.3) is 0 Å². The Morgan fingerprint density at radius 1 is 1.11 bits per heavy atom. The number of amides is 1. The molecule has 0 unspecified atom stereocenters. The summed E-state index contributed by atoms with van der Waals surface area (Å²) in [7, 11) is 0. The van der Waals surface area contributed by atoms with E-state index in [0.717, 1.165) is 5.56 Å². The molecule has 27 heavy (non-hydrogen) atoms. The Hall–Kier alpha value is -2.71. The summed E-state index contributed by atoms with van der Waals surface area (Å²) in [4.78, 5) is 28.7. The fourth-order valence-corrected chi connectivity index (χ4v) is 3.68. The highest BCUT2D eigenvalue weighted by Gasteiger charge is 2.15. The Bertz CT molecular complexity index is 929. The normalized spacial score (nSPS) is 10.4. The predicted molar refractivity (Wildman–Crippen MR) is 107 cm³/mol. The Kier molecular flexibility index (Phi) is 6.56. The summed E-state index contributed by atoms with van der Waals surface area (Å²) in [5.41, 5.74) is 1.71. The number of carbonyl (C=O) groups excluding carboxylic acids is 2. The van der Waals surface area contributed by atoms with Gasteiger partial charge in [0.05, 0.1) is 23.6 Å². The van der Waals surface area contributed by atoms with Crippen LogP contribution in [0.2, 0.25) is 0 Å². The number of anilines is 1. The molecule has 0 bridgehead atoms. The lowest BCUT2D eigenvalue weighted by molar-refractivity contribution is -0.113. The number of ether oxygens (including phenoxy) is 1. The highest BCUT2D eigenvalue weighted by Crippen LogP contribution is 2.25. The molecule has 0 radical (unpaired) electrons. The van der Waals surface area contributed by atoms with Gasteiger partial charge in [-0.25, -0.2) is 9.78 Å². The van der Waals surface area contributed by atoms with Crippen LogP contribution < -0.4 is 5.32 Å². The van der Waals surface area contributed by atoms with Crippen molar-refractivity contribution < 1.29 is 14.3 Å². The predicted octanol–water partition coefficient (Wildman–Crippen LogP) is 4.11. The summed E-state index contributed by atoms with van der Waals surface area (Å²) < 4.78 is 10.0. The summed E-state index contributed by atoms with van der Waals surface area (Å²) in [6.45, 7) is 2.01. The summed E-state index contributed by atoms with van der Waals surface area (Å²) in [6.07, 6.45) is 0. The number of nitrogens with zero attached hydrogens (tertiary/aromatic N) is 2. The maximum atomic E-state index is 12.3. The molecule has 0 aliphatic carbocycles. The van der Waals surface area contributed by atoms with E-state index in [0.29, 0.717) is 21.4 Å². The third-order valence-electron chi connectivity index (χ3n) is 3.46. The highest BCUT2D eigenvalue weighted by molar-refractivity contribution is 8.01. The average Bonchev–Trinajstić information content (AvgIpc) is 3.17. The van der Waals surface area contributed by atoms with Crippen molar-refractivity contribution in [3.63, 3.8) is 0 Å². The van der Waals surface area contributed by atoms with E-state index in [1.165, 1.54) is 23.3 Å². The van der Waals surface area contributed by atoms with E-state index in [9.17, 15) is 9.59 Å². The van der Waals surface area contributed by atoms with Crippen LogP contribution in [0.3, 0.4) is 0 Å². The molecule has 3 aromatic rings. The molecule has 138 valence electrons. The van der Waals surface area contributed by atoms with Crippen molar-refractivity contribution in [2.75, 3.05) is 17.7 Å². The van der Waals surface area contributed by atoms with E-state index in [4.69, 9.17) is 4.74 Å². The molecule has 0 aliphatic heterocycles. The molecule has 0 fully saturated rings. The molecule has 0 spiro atoms. The van der Waals surface area contributed by atoms with Gasteiger partial charge < -0.3 is 10.1 Å². The van der Waals surface area contributed by atoms with Crippen molar-refractivity contribution >= 4 is 40.9 Å². The standard InChI is InChI=1S/C19H17N3O3S2/c1-2-25-18(24)14-10-6-7-11-15(14)20-16(23)12-26-19-21-17(22-27-19)13-8-4-3-5-9-13/h3-11H,2,12H2,1H3,(H,20,23). The van der Waals surface area contributed by atoms with E-state index in [1.54, 1.807) is 31.2 Å². The molecule has 0 atom stereocenters. The lowest BCUT2D eigenvalue weighted by Gasteiger charge is -2.09. The van der Waals surface area contributed by atoms with E-state index in [2.05, 4.69) is 14.7 Å². The Balaban J connectivity index is 1.60. The van der Waals surface area contributed by atoms with Crippen LogP contribution in [0.25, 0.3) is 11.4 Å². The van der Waals surface area contributed by atoms with E-state index in [-0.39, 0.29) is 18.3 Å². The van der Waals surface area contributed by atoms with Crippen LogP contribution in [-0.2, 0) is 9.53 Å². The van der Waals surface area contributed by atoms with Gasteiger partial charge in [-0.05, 0) is 30.6 Å². The quantitative estimate of drug-likeness (QED) is 0.476. The molecule has 0 saturated heterocycles. The zero-order valence-corrected chi connectivity index (χ0v) is 16.2. The Morgan fingerprint density at radius 3 is 2.63 bits per heavy atom. The zero-order valence-electron chi connectivity index (χ0n) is 14.5. The van der Waals surface area contributed by atoms with Crippen LogP contribution in [0.1, 0.15) is 17.3 Å². The number of rotatable bonds is 7. The maximum absolute atomic E-state index is 12.3. The van der Waals surface area contributed by atoms with Crippen LogP contribution in [-0.4, -0.2) is 33.6 Å². The van der Waals surface area contributed by atoms with Gasteiger partial charge in [0.1, 0.15) is 0 Å². The lowest BCUT2D eigenvalue weighted by Crippen LogP contribution is -2.17. The van der Waals surface area contributed by atoms with E-state index in [1.807, 2.05) is 30.3 Å². The first-order valence-electron chi connectivity index (χ1n) is 8.25. The fourth-order valence-electron chi connectivity index (χ4n) is 2.27. The topological polar surface area (TPSA) is 81.2 Å². The van der Waals surface area contributed by atoms with Crippen molar-refractivity contribution in [2.24, 2.45) is 0 Å². The van der Waals surface area contributed by atoms with Crippen LogP contribution in [0.15, 0.2) is 58.9 Å². The molecule has 2 aromatic carbocycles. The van der Waals surface area contributed by atoms with Crippen molar-refractivity contribution in [2.45, 2.75) is 11.3 Å². The van der Waals surface area contributed by atoms with Gasteiger partial charge in [0, 0.05) is 5.56 Å². The highest BCUT2D eigenvalue weighted by atomic mass is 32.2. The molecule has 0 saturated carbocycles. The van der Waals surface area contributed by atoms with Gasteiger partial charge >= 0.3 is 5.97 Å². The smallest absolute Gasteiger partial charge is 0.340 e. The molecule has 1 aromatic heterocycles. The van der Waals surface area contributed by atoms with Gasteiger partial charge in [-0.15, -0.1) is 0 Å². The maximum Gasteiger partial charge on any atom is 0.340 e. The number of esters is 1. The number of para-hydroxylation sites is 1. The monoisotopic (exact) mass is 399 g/mol. The first-order valence-corrected chi connectivity index (χ1v) is 10.0. The molecule has 1 amide bonds. The van der Waals surface area contributed by atoms with Gasteiger partial charge in [-0.1, -0.05) is 54.2 Å². The molecule has 1 heterocycles. The minimum absolute atomic E-state index is 0.167. The SMILES string of the molecule is CCOC(=O)c1ccccc1NC(=O)CSc1nc(-c2ccccc2)ns1. The van der Waals surface area contributed by atoms with Gasteiger partial charge in [-0.2, -0.15) is 4.37 Å². The van der Waals surface area contributed by atoms with Gasteiger partial charge in [-0.3, -0.25) is 4.79 Å². The number of hydrogen-bond donors (Lipinski definition) is 1. The van der Waals surface area contributed by atoms with Crippen LogP contribution >= 0.6 is 23.3 Å². The summed E-state index contributed by atoms with van der Waals surface area (Å²) >= 11 is 2.56. The molecular formula is C19H17N3O3S2. The van der Waals surface area contributed by atoms with Crippen molar-refractivity contribution in [3.05, 3.63) is 60.2 Å². The van der Waals surface area contributed by atoms with Crippen molar-refractivity contribution in [1.82, 2.24) is 9.36 Å². The Morgan fingerprint density at radius 2 is 1.85 bits per heavy atom. The minimum atomic E-state index is -0.460.